The molecule has 2 aromatic rings. The molecule has 2 amide bonds. The minimum absolute atomic E-state index is 0.120. The van der Waals surface area contributed by atoms with Crippen LogP contribution in [0, 0.1) is 5.92 Å². The SMILES string of the molecule is C[C@@H]1[C@H](CC(=O)N(C)C)CCCN1c1cnc(C(N)=O)c(Nc2ccc(C3CCN(C4CC4)CC3)cc2)n1. The van der Waals surface area contributed by atoms with Gasteiger partial charge >= 0.3 is 0 Å². The molecule has 1 aliphatic carbocycles. The summed E-state index contributed by atoms with van der Waals surface area (Å²) in [6.45, 7) is 5.35. The molecule has 2 atom stereocenters. The fourth-order valence-electron chi connectivity index (χ4n) is 6.02. The van der Waals surface area contributed by atoms with Crippen molar-refractivity contribution in [1.82, 2.24) is 19.8 Å². The number of rotatable bonds is 8. The predicted octanol–water partition coefficient (Wildman–Crippen LogP) is 3.74. The molecule has 5 rings (SSSR count). The first-order chi connectivity index (χ1) is 18.3. The third-order valence-corrected chi connectivity index (χ3v) is 8.61. The second-order valence-electron chi connectivity index (χ2n) is 11.4. The van der Waals surface area contributed by atoms with Gasteiger partial charge in [0.15, 0.2) is 11.5 Å². The van der Waals surface area contributed by atoms with Crippen LogP contribution in [-0.2, 0) is 4.79 Å². The molecule has 204 valence electrons. The van der Waals surface area contributed by atoms with Gasteiger partial charge in [-0.05, 0) is 88.1 Å². The molecular formula is C29H41N7O2. The van der Waals surface area contributed by atoms with Crippen molar-refractivity contribution in [2.24, 2.45) is 11.7 Å². The maximum atomic E-state index is 12.4. The van der Waals surface area contributed by atoms with Crippen LogP contribution in [0.4, 0.5) is 17.3 Å². The van der Waals surface area contributed by atoms with Crippen molar-refractivity contribution in [3.05, 3.63) is 41.7 Å². The minimum Gasteiger partial charge on any atom is -0.364 e. The highest BCUT2D eigenvalue weighted by Gasteiger charge is 2.33. The summed E-state index contributed by atoms with van der Waals surface area (Å²) in [5.41, 5.74) is 7.98. The van der Waals surface area contributed by atoms with Crippen molar-refractivity contribution in [2.45, 2.75) is 69.9 Å². The van der Waals surface area contributed by atoms with Gasteiger partial charge in [0.05, 0.1) is 6.20 Å². The monoisotopic (exact) mass is 519 g/mol. The molecule has 3 heterocycles. The van der Waals surface area contributed by atoms with E-state index in [2.05, 4.69) is 39.2 Å². The van der Waals surface area contributed by atoms with E-state index in [4.69, 9.17) is 10.7 Å². The standard InChI is InChI=1S/C29H41N7O2/c1-19-22(17-26(37)34(2)3)5-4-14-36(19)25-18-31-27(28(30)38)29(33-25)32-23-8-6-20(7-9-23)21-12-15-35(16-13-21)24-10-11-24/h6-9,18-19,21-22,24H,4-5,10-17H2,1-3H3,(H2,30,38)(H,32,33)/t19-,22+/m1/s1. The molecule has 1 aromatic carbocycles. The quantitative estimate of drug-likeness (QED) is 0.547. The Balaban J connectivity index is 1.29. The third kappa shape index (κ3) is 5.93. The number of nitrogens with zero attached hydrogens (tertiary/aromatic N) is 5. The second kappa shape index (κ2) is 11.3. The number of likely N-dealkylation sites (tertiary alicyclic amines) is 1. The van der Waals surface area contributed by atoms with Crippen LogP contribution >= 0.6 is 0 Å². The topological polar surface area (TPSA) is 108 Å². The molecule has 3 fully saturated rings. The Morgan fingerprint density at radius 3 is 2.39 bits per heavy atom. The van der Waals surface area contributed by atoms with Gasteiger partial charge in [0.2, 0.25) is 5.91 Å². The van der Waals surface area contributed by atoms with Crippen LogP contribution < -0.4 is 16.0 Å². The number of benzene rings is 1. The lowest BCUT2D eigenvalue weighted by atomic mass is 9.87. The van der Waals surface area contributed by atoms with Gasteiger partial charge in [0.1, 0.15) is 5.82 Å². The molecule has 0 bridgehead atoms. The number of aromatic nitrogens is 2. The van der Waals surface area contributed by atoms with E-state index in [0.29, 0.717) is 24.0 Å². The Morgan fingerprint density at radius 1 is 1.05 bits per heavy atom. The lowest BCUT2D eigenvalue weighted by molar-refractivity contribution is -0.130. The Labute approximate surface area is 225 Å². The highest BCUT2D eigenvalue weighted by atomic mass is 16.2. The fraction of sp³-hybridized carbons (Fsp3) is 0.586. The fourth-order valence-corrected chi connectivity index (χ4v) is 6.02. The molecule has 0 radical (unpaired) electrons. The van der Waals surface area contributed by atoms with Crippen LogP contribution in [0.1, 0.15) is 73.8 Å². The number of piperidine rings is 2. The van der Waals surface area contributed by atoms with Gasteiger partial charge in [-0.1, -0.05) is 12.1 Å². The molecule has 9 heteroatoms. The first kappa shape index (κ1) is 26.4. The lowest BCUT2D eigenvalue weighted by Crippen LogP contribution is -2.45. The van der Waals surface area contributed by atoms with E-state index >= 15 is 0 Å². The lowest BCUT2D eigenvalue weighted by Gasteiger charge is -2.40. The Bertz CT molecular complexity index is 1140. The average molecular weight is 520 g/mol. The molecule has 1 saturated carbocycles. The van der Waals surface area contributed by atoms with Crippen molar-refractivity contribution >= 4 is 29.1 Å². The minimum atomic E-state index is -0.619. The maximum absolute atomic E-state index is 12.4. The van der Waals surface area contributed by atoms with Crippen LogP contribution in [0.15, 0.2) is 30.5 Å². The van der Waals surface area contributed by atoms with Crippen LogP contribution in [0.5, 0.6) is 0 Å². The normalized spacial score (nSPS) is 22.8. The van der Waals surface area contributed by atoms with Gasteiger partial charge in [0, 0.05) is 44.8 Å². The smallest absolute Gasteiger partial charge is 0.271 e. The summed E-state index contributed by atoms with van der Waals surface area (Å²) in [5.74, 6) is 1.39. The van der Waals surface area contributed by atoms with Gasteiger partial charge in [-0.2, -0.15) is 0 Å². The van der Waals surface area contributed by atoms with Crippen LogP contribution in [0.2, 0.25) is 0 Å². The van der Waals surface area contributed by atoms with Gasteiger partial charge in [-0.25, -0.2) is 9.97 Å². The summed E-state index contributed by atoms with van der Waals surface area (Å²) in [6, 6.07) is 9.43. The molecule has 3 N–H and O–H groups in total. The van der Waals surface area contributed by atoms with E-state index in [1.165, 1.54) is 44.3 Å². The number of hydrogen-bond acceptors (Lipinski definition) is 7. The largest absolute Gasteiger partial charge is 0.364 e. The maximum Gasteiger partial charge on any atom is 0.271 e. The summed E-state index contributed by atoms with van der Waals surface area (Å²) < 4.78 is 0. The molecule has 1 aromatic heterocycles. The molecule has 2 aliphatic heterocycles. The molecule has 38 heavy (non-hydrogen) atoms. The summed E-state index contributed by atoms with van der Waals surface area (Å²) >= 11 is 0. The number of amides is 2. The van der Waals surface area contributed by atoms with Gasteiger partial charge < -0.3 is 25.8 Å². The van der Waals surface area contributed by atoms with Crippen molar-refractivity contribution in [3.63, 3.8) is 0 Å². The van der Waals surface area contributed by atoms with E-state index in [1.54, 1.807) is 25.2 Å². The number of carbonyl (C=O) groups is 2. The Hall–Kier alpha value is -3.20. The van der Waals surface area contributed by atoms with E-state index in [-0.39, 0.29) is 23.6 Å². The number of primary amides is 1. The predicted molar refractivity (Wildman–Crippen MR) is 150 cm³/mol. The zero-order valence-electron chi connectivity index (χ0n) is 22.9. The Morgan fingerprint density at radius 2 is 1.76 bits per heavy atom. The highest BCUT2D eigenvalue weighted by Crippen LogP contribution is 2.35. The second-order valence-corrected chi connectivity index (χ2v) is 11.4. The highest BCUT2D eigenvalue weighted by molar-refractivity contribution is 5.96. The van der Waals surface area contributed by atoms with Crippen LogP contribution in [0.3, 0.4) is 0 Å². The Kier molecular flexibility index (Phi) is 7.83. The first-order valence-corrected chi connectivity index (χ1v) is 14.0. The first-order valence-electron chi connectivity index (χ1n) is 14.0. The third-order valence-electron chi connectivity index (χ3n) is 8.61. The molecule has 3 aliphatic rings. The van der Waals surface area contributed by atoms with Crippen molar-refractivity contribution < 1.29 is 9.59 Å². The van der Waals surface area contributed by atoms with Crippen molar-refractivity contribution in [1.29, 1.82) is 0 Å². The summed E-state index contributed by atoms with van der Waals surface area (Å²) in [6.07, 6.45) is 9.25. The molecule has 9 nitrogen and oxygen atoms in total. The van der Waals surface area contributed by atoms with E-state index in [0.717, 1.165) is 31.1 Å². The number of nitrogens with two attached hydrogens (primary N) is 1. The van der Waals surface area contributed by atoms with E-state index < -0.39 is 5.91 Å². The van der Waals surface area contributed by atoms with Crippen LogP contribution in [0.25, 0.3) is 0 Å². The molecule has 0 unspecified atom stereocenters. The van der Waals surface area contributed by atoms with Gasteiger partial charge in [-0.15, -0.1) is 0 Å². The van der Waals surface area contributed by atoms with E-state index in [9.17, 15) is 9.59 Å². The average Bonchev–Trinajstić information content (AvgIpc) is 3.76. The number of carbonyl (C=O) groups excluding carboxylic acids is 2. The summed E-state index contributed by atoms with van der Waals surface area (Å²) in [7, 11) is 3.59. The van der Waals surface area contributed by atoms with E-state index in [1.807, 2.05) is 12.1 Å². The van der Waals surface area contributed by atoms with Crippen LogP contribution in [-0.4, -0.2) is 77.4 Å². The van der Waals surface area contributed by atoms with Gasteiger partial charge in [-0.3, -0.25) is 9.59 Å². The summed E-state index contributed by atoms with van der Waals surface area (Å²) in [4.78, 5) is 40.2. The number of hydrogen-bond donors (Lipinski definition) is 2. The van der Waals surface area contributed by atoms with Crippen molar-refractivity contribution in [3.8, 4) is 0 Å². The number of nitrogens with one attached hydrogen (secondary N) is 1. The van der Waals surface area contributed by atoms with Gasteiger partial charge in [0.25, 0.3) is 5.91 Å². The zero-order valence-corrected chi connectivity index (χ0v) is 22.9. The number of anilines is 3. The van der Waals surface area contributed by atoms with Crippen molar-refractivity contribution in [2.75, 3.05) is 43.9 Å². The zero-order chi connectivity index (χ0) is 26.8. The molecular weight excluding hydrogens is 478 g/mol. The molecule has 0 spiro atoms. The summed E-state index contributed by atoms with van der Waals surface area (Å²) in [5, 5.41) is 3.30. The molecule has 2 saturated heterocycles.